The van der Waals surface area contributed by atoms with Gasteiger partial charge < -0.3 is 20.4 Å². The lowest BCUT2D eigenvalue weighted by atomic mass is 10.00. The van der Waals surface area contributed by atoms with Crippen molar-refractivity contribution in [1.29, 1.82) is 0 Å². The summed E-state index contributed by atoms with van der Waals surface area (Å²) in [6, 6.07) is 0.312. The number of ether oxygens (including phenoxy) is 1. The fraction of sp³-hybridized carbons (Fsp3) is 0.571. The molecule has 1 amide bonds. The van der Waals surface area contributed by atoms with Crippen LogP contribution in [0.25, 0.3) is 0 Å². The van der Waals surface area contributed by atoms with Crippen LogP contribution < -0.4 is 10.7 Å². The molecule has 0 radical (unpaired) electrons. The SMILES string of the molecule is CCNN=Cc1c(C)nc(CC)c(CN2Cc3nnsc3C2=O)c1NC1CCOCC1. The van der Waals surface area contributed by atoms with Crippen LogP contribution in [0.2, 0.25) is 0 Å². The summed E-state index contributed by atoms with van der Waals surface area (Å²) >= 11 is 1.17. The molecular formula is C21H29N7O2S. The van der Waals surface area contributed by atoms with Crippen molar-refractivity contribution in [3.8, 4) is 0 Å². The van der Waals surface area contributed by atoms with Crippen molar-refractivity contribution in [2.45, 2.75) is 59.2 Å². The lowest BCUT2D eigenvalue weighted by Crippen LogP contribution is -2.31. The van der Waals surface area contributed by atoms with E-state index >= 15 is 0 Å². The number of aromatic nitrogens is 3. The Balaban J connectivity index is 1.72. The molecule has 0 bridgehead atoms. The fourth-order valence-electron chi connectivity index (χ4n) is 4.04. The van der Waals surface area contributed by atoms with Gasteiger partial charge in [-0.1, -0.05) is 11.4 Å². The van der Waals surface area contributed by atoms with E-state index in [1.807, 2.05) is 25.0 Å². The number of amides is 1. The molecule has 0 spiro atoms. The molecule has 0 unspecified atom stereocenters. The van der Waals surface area contributed by atoms with E-state index < -0.39 is 0 Å². The molecule has 2 aromatic rings. The number of pyridine rings is 1. The second-order valence-electron chi connectivity index (χ2n) is 7.78. The molecule has 1 saturated heterocycles. The second-order valence-corrected chi connectivity index (χ2v) is 8.53. The summed E-state index contributed by atoms with van der Waals surface area (Å²) in [7, 11) is 0. The van der Waals surface area contributed by atoms with Crippen LogP contribution in [0, 0.1) is 6.92 Å². The van der Waals surface area contributed by atoms with Crippen LogP contribution >= 0.6 is 11.5 Å². The molecule has 0 atom stereocenters. The van der Waals surface area contributed by atoms with Crippen molar-refractivity contribution in [3.63, 3.8) is 0 Å². The molecular weight excluding hydrogens is 414 g/mol. The third-order valence-electron chi connectivity index (χ3n) is 5.69. The summed E-state index contributed by atoms with van der Waals surface area (Å²) in [4.78, 5) is 20.2. The quantitative estimate of drug-likeness (QED) is 0.477. The van der Waals surface area contributed by atoms with Crippen LogP contribution in [0.3, 0.4) is 0 Å². The lowest BCUT2D eigenvalue weighted by molar-refractivity contribution is 0.0768. The Morgan fingerprint density at radius 1 is 1.32 bits per heavy atom. The maximum atomic E-state index is 12.9. The van der Waals surface area contributed by atoms with Crippen molar-refractivity contribution in [1.82, 2.24) is 24.9 Å². The maximum Gasteiger partial charge on any atom is 0.268 e. The summed E-state index contributed by atoms with van der Waals surface area (Å²) in [6.07, 6.45) is 4.51. The number of carbonyl (C=O) groups is 1. The Bertz CT molecular complexity index is 969. The standard InChI is InChI=1S/C21H29N7O2S/c1-4-17-16(11-28-12-18-20(21(28)29)31-27-26-18)19(25-14-6-8-30-9-7-14)15(13(3)24-17)10-23-22-5-2/h10,14,22H,4-9,11-12H2,1-3H3,(H,24,25). The van der Waals surface area contributed by atoms with Gasteiger partial charge in [0.25, 0.3) is 5.91 Å². The van der Waals surface area contributed by atoms with Crippen LogP contribution in [0.5, 0.6) is 0 Å². The largest absolute Gasteiger partial charge is 0.381 e. The third-order valence-corrected chi connectivity index (χ3v) is 6.44. The topological polar surface area (TPSA) is 105 Å². The Kier molecular flexibility index (Phi) is 6.77. The van der Waals surface area contributed by atoms with Crippen LogP contribution in [-0.4, -0.2) is 57.4 Å². The van der Waals surface area contributed by atoms with Crippen molar-refractivity contribution in [2.75, 3.05) is 25.1 Å². The molecule has 2 N–H and O–H groups in total. The van der Waals surface area contributed by atoms with Gasteiger partial charge in [0, 0.05) is 48.3 Å². The molecule has 10 heteroatoms. The first kappa shape index (κ1) is 21.6. The fourth-order valence-corrected chi connectivity index (χ4v) is 4.68. The van der Waals surface area contributed by atoms with Crippen molar-refractivity contribution >= 4 is 29.3 Å². The number of aryl methyl sites for hydroxylation is 2. The van der Waals surface area contributed by atoms with Gasteiger partial charge in [-0.25, -0.2) is 0 Å². The van der Waals surface area contributed by atoms with Crippen LogP contribution in [0.1, 0.15) is 64.6 Å². The monoisotopic (exact) mass is 443 g/mol. The van der Waals surface area contributed by atoms with Crippen molar-refractivity contribution in [2.24, 2.45) is 5.10 Å². The van der Waals surface area contributed by atoms with E-state index in [-0.39, 0.29) is 5.91 Å². The zero-order valence-electron chi connectivity index (χ0n) is 18.3. The zero-order valence-corrected chi connectivity index (χ0v) is 19.1. The molecule has 4 rings (SSSR count). The zero-order chi connectivity index (χ0) is 21.8. The molecule has 0 aromatic carbocycles. The Hall–Kier alpha value is -2.59. The van der Waals surface area contributed by atoms with Crippen LogP contribution in [0.15, 0.2) is 5.10 Å². The predicted octanol–water partition coefficient (Wildman–Crippen LogP) is 2.49. The summed E-state index contributed by atoms with van der Waals surface area (Å²) in [6.45, 7) is 9.34. The number of fused-ring (bicyclic) bond motifs is 1. The highest BCUT2D eigenvalue weighted by atomic mass is 32.1. The van der Waals surface area contributed by atoms with Gasteiger partial charge in [0.1, 0.15) is 10.6 Å². The average molecular weight is 444 g/mol. The molecule has 2 aliphatic heterocycles. The van der Waals surface area contributed by atoms with Gasteiger partial charge in [-0.2, -0.15) is 5.10 Å². The summed E-state index contributed by atoms with van der Waals surface area (Å²) in [5.74, 6) is -0.00693. The number of hydrazone groups is 1. The van der Waals surface area contributed by atoms with Gasteiger partial charge in [0.15, 0.2) is 0 Å². The Morgan fingerprint density at radius 3 is 2.84 bits per heavy atom. The van der Waals surface area contributed by atoms with E-state index in [1.165, 1.54) is 11.5 Å². The number of hydrogen-bond acceptors (Lipinski definition) is 9. The smallest absolute Gasteiger partial charge is 0.268 e. The van der Waals surface area contributed by atoms with E-state index in [0.717, 1.165) is 72.9 Å². The highest BCUT2D eigenvalue weighted by Crippen LogP contribution is 2.32. The first-order valence-electron chi connectivity index (χ1n) is 10.8. The number of hydrogen-bond donors (Lipinski definition) is 2. The summed E-state index contributed by atoms with van der Waals surface area (Å²) in [5, 5.41) is 12.2. The Labute approximate surface area is 186 Å². The van der Waals surface area contributed by atoms with Gasteiger partial charge in [0.05, 0.1) is 25.0 Å². The lowest BCUT2D eigenvalue weighted by Gasteiger charge is -2.29. The van der Waals surface area contributed by atoms with Gasteiger partial charge in [-0.3, -0.25) is 9.78 Å². The van der Waals surface area contributed by atoms with E-state index in [2.05, 4.69) is 32.4 Å². The minimum Gasteiger partial charge on any atom is -0.381 e. The number of nitrogens with one attached hydrogen (secondary N) is 2. The number of carbonyl (C=O) groups excluding carboxylic acids is 1. The summed E-state index contributed by atoms with van der Waals surface area (Å²) in [5.41, 5.74) is 8.73. The number of nitrogens with zero attached hydrogens (tertiary/aromatic N) is 5. The first-order valence-corrected chi connectivity index (χ1v) is 11.6. The molecule has 0 saturated carbocycles. The van der Waals surface area contributed by atoms with Gasteiger partial charge >= 0.3 is 0 Å². The number of rotatable bonds is 8. The van der Waals surface area contributed by atoms with E-state index in [4.69, 9.17) is 9.72 Å². The molecule has 1 fully saturated rings. The normalized spacial score (nSPS) is 16.9. The van der Waals surface area contributed by atoms with E-state index in [9.17, 15) is 4.79 Å². The third kappa shape index (κ3) is 4.54. The van der Waals surface area contributed by atoms with Gasteiger partial charge in [-0.05, 0) is 44.6 Å². The molecule has 31 heavy (non-hydrogen) atoms. The molecule has 4 heterocycles. The Morgan fingerprint density at radius 2 is 2.13 bits per heavy atom. The number of anilines is 1. The predicted molar refractivity (Wildman–Crippen MR) is 121 cm³/mol. The maximum absolute atomic E-state index is 12.9. The molecule has 2 aliphatic rings. The van der Waals surface area contributed by atoms with E-state index in [0.29, 0.717) is 24.0 Å². The minimum absolute atomic E-state index is 0.00693. The van der Waals surface area contributed by atoms with Crippen LogP contribution in [-0.2, 0) is 24.2 Å². The minimum atomic E-state index is -0.00693. The molecule has 166 valence electrons. The average Bonchev–Trinajstić information content (AvgIpc) is 3.35. The molecule has 0 aliphatic carbocycles. The van der Waals surface area contributed by atoms with Crippen LogP contribution in [0.4, 0.5) is 5.69 Å². The van der Waals surface area contributed by atoms with Gasteiger partial charge in [-0.15, -0.1) is 5.10 Å². The molecule has 9 nitrogen and oxygen atoms in total. The highest BCUT2D eigenvalue weighted by Gasteiger charge is 2.33. The van der Waals surface area contributed by atoms with E-state index in [1.54, 1.807) is 0 Å². The first-order chi connectivity index (χ1) is 15.1. The summed E-state index contributed by atoms with van der Waals surface area (Å²) < 4.78 is 9.46. The highest BCUT2D eigenvalue weighted by molar-refractivity contribution is 7.08. The van der Waals surface area contributed by atoms with Crippen molar-refractivity contribution in [3.05, 3.63) is 33.1 Å². The van der Waals surface area contributed by atoms with Gasteiger partial charge in [0.2, 0.25) is 0 Å². The van der Waals surface area contributed by atoms with Crippen molar-refractivity contribution < 1.29 is 9.53 Å². The molecule has 2 aromatic heterocycles. The second kappa shape index (κ2) is 9.69.